The summed E-state index contributed by atoms with van der Waals surface area (Å²) in [5.41, 5.74) is 16.5. The summed E-state index contributed by atoms with van der Waals surface area (Å²) in [4.78, 5) is 24.3. The van der Waals surface area contributed by atoms with Gasteiger partial charge in [-0.3, -0.25) is 9.59 Å². The number of anilines is 2. The number of nitrogen functional groups attached to an aromatic ring is 1. The van der Waals surface area contributed by atoms with Crippen LogP contribution in [0.5, 0.6) is 0 Å². The van der Waals surface area contributed by atoms with Gasteiger partial charge in [0.15, 0.2) is 5.82 Å². The minimum Gasteiger partial charge on any atom is -0.382 e. The number of amides is 2. The van der Waals surface area contributed by atoms with Crippen LogP contribution in [0.4, 0.5) is 10.8 Å². The van der Waals surface area contributed by atoms with Crippen LogP contribution in [0.1, 0.15) is 29.6 Å². The first-order valence-electron chi connectivity index (χ1n) is 6.07. The average Bonchev–Trinajstić information content (AvgIpc) is 2.71. The number of hydrogen-bond acceptors (Lipinski definition) is 6. The van der Waals surface area contributed by atoms with Crippen molar-refractivity contribution < 1.29 is 9.59 Å². The molecule has 1 aromatic rings. The molecule has 0 unspecified atom stereocenters. The molecule has 2 heterocycles. The second-order valence-electron chi connectivity index (χ2n) is 4.71. The van der Waals surface area contributed by atoms with E-state index < -0.39 is 5.91 Å². The van der Waals surface area contributed by atoms with Gasteiger partial charge >= 0.3 is 0 Å². The van der Waals surface area contributed by atoms with Crippen LogP contribution in [0, 0.1) is 5.92 Å². The van der Waals surface area contributed by atoms with Crippen LogP contribution in [0.3, 0.4) is 0 Å². The van der Waals surface area contributed by atoms with Gasteiger partial charge in [0.1, 0.15) is 10.6 Å². The molecule has 1 aliphatic rings. The first-order chi connectivity index (χ1) is 8.99. The summed E-state index contributed by atoms with van der Waals surface area (Å²) < 4.78 is 3.98. The van der Waals surface area contributed by atoms with E-state index in [2.05, 4.69) is 4.37 Å². The Labute approximate surface area is 114 Å². The first kappa shape index (κ1) is 13.6. The van der Waals surface area contributed by atoms with E-state index in [-0.39, 0.29) is 11.7 Å². The van der Waals surface area contributed by atoms with Crippen molar-refractivity contribution in [1.29, 1.82) is 0 Å². The Morgan fingerprint density at radius 3 is 2.47 bits per heavy atom. The highest BCUT2D eigenvalue weighted by atomic mass is 32.1. The molecule has 1 saturated heterocycles. The Hall–Kier alpha value is -1.83. The van der Waals surface area contributed by atoms with Gasteiger partial charge in [-0.05, 0) is 30.3 Å². The van der Waals surface area contributed by atoms with Crippen LogP contribution < -0.4 is 22.1 Å². The van der Waals surface area contributed by atoms with Crippen molar-refractivity contribution in [3.8, 4) is 0 Å². The standard InChI is InChI=1S/C11H17N5O2S/c12-7(17)5-6-1-3-16(4-2-6)11-8(10(14)18)9(13)15-19-11/h6H,1-5H2,(H2,12,17)(H2,13,15)(H2,14,18). The number of nitrogens with zero attached hydrogens (tertiary/aromatic N) is 2. The van der Waals surface area contributed by atoms with Crippen LogP contribution >= 0.6 is 11.5 Å². The van der Waals surface area contributed by atoms with Crippen LogP contribution in [-0.2, 0) is 4.79 Å². The molecule has 104 valence electrons. The van der Waals surface area contributed by atoms with Gasteiger partial charge in [-0.15, -0.1) is 0 Å². The summed E-state index contributed by atoms with van der Waals surface area (Å²) in [6.45, 7) is 1.50. The topological polar surface area (TPSA) is 128 Å². The summed E-state index contributed by atoms with van der Waals surface area (Å²) in [6.07, 6.45) is 2.14. The van der Waals surface area contributed by atoms with Gasteiger partial charge in [0.05, 0.1) is 0 Å². The maximum Gasteiger partial charge on any atom is 0.255 e. The molecule has 0 spiro atoms. The zero-order chi connectivity index (χ0) is 14.0. The van der Waals surface area contributed by atoms with E-state index in [4.69, 9.17) is 17.2 Å². The Bertz CT molecular complexity index is 493. The minimum absolute atomic E-state index is 0.187. The van der Waals surface area contributed by atoms with Crippen molar-refractivity contribution in [2.75, 3.05) is 23.7 Å². The highest BCUT2D eigenvalue weighted by Gasteiger charge is 2.26. The molecule has 2 amide bonds. The number of piperidine rings is 1. The fourth-order valence-corrected chi connectivity index (χ4v) is 3.24. The lowest BCUT2D eigenvalue weighted by Crippen LogP contribution is -2.35. The van der Waals surface area contributed by atoms with E-state index >= 15 is 0 Å². The van der Waals surface area contributed by atoms with Crippen molar-refractivity contribution in [3.05, 3.63) is 5.56 Å². The monoisotopic (exact) mass is 283 g/mol. The second-order valence-corrected chi connectivity index (χ2v) is 5.46. The number of hydrogen-bond donors (Lipinski definition) is 3. The SMILES string of the molecule is NC(=O)CC1CCN(c2snc(N)c2C(N)=O)CC1. The van der Waals surface area contributed by atoms with Gasteiger partial charge < -0.3 is 22.1 Å². The third-order valence-corrected chi connectivity index (χ3v) is 4.26. The van der Waals surface area contributed by atoms with Gasteiger partial charge in [-0.2, -0.15) is 4.37 Å². The summed E-state index contributed by atoms with van der Waals surface area (Å²) >= 11 is 1.18. The van der Waals surface area contributed by atoms with Crippen LogP contribution in [0.25, 0.3) is 0 Å². The third-order valence-electron chi connectivity index (χ3n) is 3.34. The highest BCUT2D eigenvalue weighted by Crippen LogP contribution is 2.33. The fraction of sp³-hybridized carbons (Fsp3) is 0.545. The van der Waals surface area contributed by atoms with E-state index in [1.807, 2.05) is 4.90 Å². The van der Waals surface area contributed by atoms with Crippen molar-refractivity contribution in [2.45, 2.75) is 19.3 Å². The minimum atomic E-state index is -0.555. The van der Waals surface area contributed by atoms with Crippen molar-refractivity contribution in [3.63, 3.8) is 0 Å². The predicted molar refractivity (Wildman–Crippen MR) is 73.8 cm³/mol. The average molecular weight is 283 g/mol. The molecule has 1 aliphatic heterocycles. The van der Waals surface area contributed by atoms with E-state index in [1.54, 1.807) is 0 Å². The molecule has 0 radical (unpaired) electrons. The van der Waals surface area contributed by atoms with Crippen LogP contribution in [0.15, 0.2) is 0 Å². The summed E-state index contributed by atoms with van der Waals surface area (Å²) in [5.74, 6) is -0.318. The number of nitrogens with two attached hydrogens (primary N) is 3. The molecule has 0 saturated carbocycles. The number of carbonyl (C=O) groups is 2. The van der Waals surface area contributed by atoms with Gasteiger partial charge in [-0.1, -0.05) is 0 Å². The Morgan fingerprint density at radius 2 is 1.95 bits per heavy atom. The quantitative estimate of drug-likeness (QED) is 0.711. The molecule has 0 atom stereocenters. The molecule has 7 nitrogen and oxygen atoms in total. The van der Waals surface area contributed by atoms with E-state index in [9.17, 15) is 9.59 Å². The summed E-state index contributed by atoms with van der Waals surface area (Å²) in [5, 5.41) is 0.725. The maximum absolute atomic E-state index is 11.4. The van der Waals surface area contributed by atoms with Gasteiger partial charge in [0.25, 0.3) is 5.91 Å². The Morgan fingerprint density at radius 1 is 1.32 bits per heavy atom. The highest BCUT2D eigenvalue weighted by molar-refractivity contribution is 7.11. The molecule has 0 aliphatic carbocycles. The lowest BCUT2D eigenvalue weighted by atomic mass is 9.93. The van der Waals surface area contributed by atoms with Crippen molar-refractivity contribution >= 4 is 34.2 Å². The number of primary amides is 2. The molecule has 1 aromatic heterocycles. The lowest BCUT2D eigenvalue weighted by Gasteiger charge is -2.32. The third kappa shape index (κ3) is 2.95. The molecule has 19 heavy (non-hydrogen) atoms. The Kier molecular flexibility index (Phi) is 3.89. The molecular formula is C11H17N5O2S. The summed E-state index contributed by atoms with van der Waals surface area (Å²) in [7, 11) is 0. The van der Waals surface area contributed by atoms with Crippen molar-refractivity contribution in [1.82, 2.24) is 4.37 Å². The van der Waals surface area contributed by atoms with Gasteiger partial charge in [0, 0.05) is 19.5 Å². The number of aromatic nitrogens is 1. The molecule has 1 fully saturated rings. The lowest BCUT2D eigenvalue weighted by molar-refractivity contribution is -0.119. The van der Waals surface area contributed by atoms with Gasteiger partial charge in [0.2, 0.25) is 5.91 Å². The first-order valence-corrected chi connectivity index (χ1v) is 6.84. The fourth-order valence-electron chi connectivity index (χ4n) is 2.37. The number of rotatable bonds is 4. The summed E-state index contributed by atoms with van der Waals surface area (Å²) in [6, 6.07) is 0. The molecule has 8 heteroatoms. The molecule has 6 N–H and O–H groups in total. The molecular weight excluding hydrogens is 266 g/mol. The van der Waals surface area contributed by atoms with Crippen LogP contribution in [-0.4, -0.2) is 29.3 Å². The normalized spacial score (nSPS) is 16.5. The van der Waals surface area contributed by atoms with Crippen molar-refractivity contribution in [2.24, 2.45) is 17.4 Å². The zero-order valence-corrected chi connectivity index (χ0v) is 11.3. The smallest absolute Gasteiger partial charge is 0.255 e. The largest absolute Gasteiger partial charge is 0.382 e. The molecule has 0 aromatic carbocycles. The second kappa shape index (κ2) is 5.43. The Balaban J connectivity index is 2.06. The van der Waals surface area contributed by atoms with E-state index in [0.29, 0.717) is 17.9 Å². The molecule has 0 bridgehead atoms. The predicted octanol–water partition coefficient (Wildman–Crippen LogP) is -0.0840. The van der Waals surface area contributed by atoms with Crippen LogP contribution in [0.2, 0.25) is 0 Å². The molecule has 2 rings (SSSR count). The van der Waals surface area contributed by atoms with E-state index in [1.165, 1.54) is 11.5 Å². The zero-order valence-electron chi connectivity index (χ0n) is 10.5. The van der Waals surface area contributed by atoms with E-state index in [0.717, 1.165) is 30.9 Å². The number of carbonyl (C=O) groups excluding carboxylic acids is 2. The van der Waals surface area contributed by atoms with Gasteiger partial charge in [-0.25, -0.2) is 0 Å². The maximum atomic E-state index is 11.4.